The largest absolute Gasteiger partial charge is 0.496 e. The lowest BCUT2D eigenvalue weighted by molar-refractivity contribution is 0.0744. The van der Waals surface area contributed by atoms with Crippen LogP contribution in [0.25, 0.3) is 0 Å². The monoisotopic (exact) mass is 344 g/mol. The summed E-state index contributed by atoms with van der Waals surface area (Å²) in [5.74, 6) is 1.69. The van der Waals surface area contributed by atoms with Crippen LogP contribution < -0.4 is 9.64 Å². The minimum atomic E-state index is 0.0198. The van der Waals surface area contributed by atoms with Gasteiger partial charge in [0, 0.05) is 37.7 Å². The van der Waals surface area contributed by atoms with Crippen molar-refractivity contribution in [3.05, 3.63) is 35.2 Å². The molecule has 7 heteroatoms. The van der Waals surface area contributed by atoms with Gasteiger partial charge in [0.25, 0.3) is 5.91 Å². The second-order valence-electron chi connectivity index (χ2n) is 6.55. The molecule has 0 radical (unpaired) electrons. The third-order valence-electron chi connectivity index (χ3n) is 4.44. The van der Waals surface area contributed by atoms with Crippen LogP contribution in [0, 0.1) is 6.92 Å². The average molecular weight is 344 g/mol. The van der Waals surface area contributed by atoms with Crippen LogP contribution in [0.2, 0.25) is 0 Å². The first-order valence-electron chi connectivity index (χ1n) is 8.52. The normalized spacial score (nSPS) is 14.9. The van der Waals surface area contributed by atoms with Gasteiger partial charge in [-0.15, -0.1) is 0 Å². The molecule has 0 atom stereocenters. The van der Waals surface area contributed by atoms with Crippen LogP contribution in [0.15, 0.2) is 22.7 Å². The van der Waals surface area contributed by atoms with Crippen LogP contribution in [0.1, 0.15) is 41.5 Å². The Morgan fingerprint density at radius 1 is 1.24 bits per heavy atom. The minimum absolute atomic E-state index is 0.0198. The summed E-state index contributed by atoms with van der Waals surface area (Å²) in [6, 6.07) is 6.10. The van der Waals surface area contributed by atoms with Gasteiger partial charge in [0.2, 0.25) is 0 Å². The van der Waals surface area contributed by atoms with Crippen LogP contribution in [0.4, 0.5) is 6.01 Å². The van der Waals surface area contributed by atoms with Crippen molar-refractivity contribution < 1.29 is 14.1 Å². The van der Waals surface area contributed by atoms with Gasteiger partial charge in [-0.2, -0.15) is 4.98 Å². The van der Waals surface area contributed by atoms with E-state index in [1.54, 1.807) is 13.2 Å². The summed E-state index contributed by atoms with van der Waals surface area (Å²) in [6.45, 7) is 8.61. The summed E-state index contributed by atoms with van der Waals surface area (Å²) < 4.78 is 10.6. The van der Waals surface area contributed by atoms with Crippen LogP contribution in [-0.2, 0) is 0 Å². The number of nitrogens with zero attached hydrogens (tertiary/aromatic N) is 4. The fraction of sp³-hybridized carbons (Fsp3) is 0.500. The Bertz CT molecular complexity index is 749. The molecule has 1 saturated heterocycles. The zero-order chi connectivity index (χ0) is 18.0. The number of amides is 1. The first-order valence-corrected chi connectivity index (χ1v) is 8.52. The summed E-state index contributed by atoms with van der Waals surface area (Å²) in [6.07, 6.45) is 0. The molecule has 0 aliphatic carbocycles. The highest BCUT2D eigenvalue weighted by molar-refractivity contribution is 5.95. The molecular weight excluding hydrogens is 320 g/mol. The molecule has 0 spiro atoms. The van der Waals surface area contributed by atoms with Gasteiger partial charge in [-0.1, -0.05) is 25.1 Å². The summed E-state index contributed by atoms with van der Waals surface area (Å²) in [5, 5.41) is 4.00. The third-order valence-corrected chi connectivity index (χ3v) is 4.44. The van der Waals surface area contributed by atoms with Crippen molar-refractivity contribution in [2.75, 3.05) is 38.2 Å². The Morgan fingerprint density at radius 2 is 1.96 bits per heavy atom. The highest BCUT2D eigenvalue weighted by Gasteiger charge is 2.25. The number of rotatable bonds is 4. The summed E-state index contributed by atoms with van der Waals surface area (Å²) in [5.41, 5.74) is 1.66. The molecule has 1 aliphatic rings. The second kappa shape index (κ2) is 7.13. The van der Waals surface area contributed by atoms with E-state index >= 15 is 0 Å². The molecule has 0 saturated carbocycles. The molecule has 134 valence electrons. The molecule has 0 bridgehead atoms. The maximum absolute atomic E-state index is 12.7. The zero-order valence-electron chi connectivity index (χ0n) is 15.2. The molecule has 2 heterocycles. The summed E-state index contributed by atoms with van der Waals surface area (Å²) >= 11 is 0. The number of anilines is 1. The fourth-order valence-electron chi connectivity index (χ4n) is 2.83. The second-order valence-corrected chi connectivity index (χ2v) is 6.55. The number of aromatic nitrogens is 2. The molecule has 1 aliphatic heterocycles. The first-order chi connectivity index (χ1) is 12.0. The topological polar surface area (TPSA) is 71.7 Å². The lowest BCUT2D eigenvalue weighted by Gasteiger charge is -2.33. The van der Waals surface area contributed by atoms with E-state index in [2.05, 4.69) is 10.1 Å². The van der Waals surface area contributed by atoms with Crippen LogP contribution in [0.3, 0.4) is 0 Å². The molecule has 0 N–H and O–H groups in total. The van der Waals surface area contributed by atoms with Crippen molar-refractivity contribution in [2.24, 2.45) is 0 Å². The van der Waals surface area contributed by atoms with Crippen LogP contribution >= 0.6 is 0 Å². The van der Waals surface area contributed by atoms with Crippen molar-refractivity contribution in [3.8, 4) is 5.75 Å². The zero-order valence-corrected chi connectivity index (χ0v) is 15.2. The Labute approximate surface area is 147 Å². The molecule has 3 rings (SSSR count). The predicted octanol–water partition coefficient (Wildman–Crippen LogP) is 2.47. The van der Waals surface area contributed by atoms with Gasteiger partial charge in [-0.3, -0.25) is 4.79 Å². The number of methoxy groups -OCH3 is 1. The van der Waals surface area contributed by atoms with E-state index in [4.69, 9.17) is 9.26 Å². The number of piperazine rings is 1. The highest BCUT2D eigenvalue weighted by Crippen LogP contribution is 2.22. The smallest absolute Gasteiger partial charge is 0.324 e. The van der Waals surface area contributed by atoms with Crippen LogP contribution in [0.5, 0.6) is 5.75 Å². The van der Waals surface area contributed by atoms with Gasteiger partial charge in [-0.05, 0) is 24.6 Å². The molecule has 0 unspecified atom stereocenters. The number of carbonyl (C=O) groups excluding carboxylic acids is 1. The third kappa shape index (κ3) is 3.60. The maximum Gasteiger partial charge on any atom is 0.324 e. The molecule has 1 aromatic carbocycles. The molecule has 25 heavy (non-hydrogen) atoms. The van der Waals surface area contributed by atoms with Gasteiger partial charge < -0.3 is 19.1 Å². The molecule has 1 fully saturated rings. The first kappa shape index (κ1) is 17.3. The predicted molar refractivity (Wildman–Crippen MR) is 94.2 cm³/mol. The Hall–Kier alpha value is -2.57. The number of aryl methyl sites for hydroxylation is 1. The molecular formula is C18H24N4O3. The fourth-order valence-corrected chi connectivity index (χ4v) is 2.83. The molecule has 1 amide bonds. The average Bonchev–Trinajstić information content (AvgIpc) is 3.12. The van der Waals surface area contributed by atoms with Crippen molar-refractivity contribution in [1.82, 2.24) is 15.0 Å². The molecule has 7 nitrogen and oxygen atoms in total. The van der Waals surface area contributed by atoms with E-state index in [0.29, 0.717) is 43.6 Å². The van der Waals surface area contributed by atoms with Gasteiger partial charge in [-0.25, -0.2) is 0 Å². The van der Waals surface area contributed by atoms with Crippen molar-refractivity contribution in [3.63, 3.8) is 0 Å². The Morgan fingerprint density at radius 3 is 2.56 bits per heavy atom. The lowest BCUT2D eigenvalue weighted by atomic mass is 10.1. The number of carbonyl (C=O) groups is 1. The van der Waals surface area contributed by atoms with Crippen molar-refractivity contribution >= 4 is 11.9 Å². The van der Waals surface area contributed by atoms with Crippen LogP contribution in [-0.4, -0.2) is 54.2 Å². The Kier molecular flexibility index (Phi) is 4.92. The van der Waals surface area contributed by atoms with Gasteiger partial charge in [0.05, 0.1) is 7.11 Å². The standard InChI is InChI=1S/C18H24N4O3/c1-12(2)16-19-18(25-20-16)22-9-7-21(8-10-22)17(23)14-6-5-13(3)15(11-14)24-4/h5-6,11-12H,7-10H2,1-4H3. The lowest BCUT2D eigenvalue weighted by Crippen LogP contribution is -2.49. The quantitative estimate of drug-likeness (QED) is 0.848. The van der Waals surface area contributed by atoms with Crippen molar-refractivity contribution in [2.45, 2.75) is 26.7 Å². The minimum Gasteiger partial charge on any atom is -0.496 e. The van der Waals surface area contributed by atoms with E-state index < -0.39 is 0 Å². The number of hydrogen-bond acceptors (Lipinski definition) is 6. The summed E-state index contributed by atoms with van der Waals surface area (Å²) in [7, 11) is 1.62. The van der Waals surface area contributed by atoms with E-state index in [9.17, 15) is 4.79 Å². The van der Waals surface area contributed by atoms with Crippen molar-refractivity contribution in [1.29, 1.82) is 0 Å². The SMILES string of the molecule is COc1cc(C(=O)N2CCN(c3nc(C(C)C)no3)CC2)ccc1C. The number of ether oxygens (including phenoxy) is 1. The van der Waals surface area contributed by atoms with E-state index in [0.717, 1.165) is 11.3 Å². The Balaban J connectivity index is 1.64. The highest BCUT2D eigenvalue weighted by atomic mass is 16.5. The van der Waals surface area contributed by atoms with E-state index in [-0.39, 0.29) is 11.8 Å². The van der Waals surface area contributed by atoms with Gasteiger partial charge in [0.1, 0.15) is 5.75 Å². The van der Waals surface area contributed by atoms with Gasteiger partial charge in [0.15, 0.2) is 5.82 Å². The van der Waals surface area contributed by atoms with Gasteiger partial charge >= 0.3 is 6.01 Å². The van der Waals surface area contributed by atoms with E-state index in [1.165, 1.54) is 0 Å². The molecule has 1 aromatic heterocycles. The molecule has 2 aromatic rings. The number of hydrogen-bond donors (Lipinski definition) is 0. The maximum atomic E-state index is 12.7. The van der Waals surface area contributed by atoms with E-state index in [1.807, 2.05) is 42.7 Å². The number of benzene rings is 1. The summed E-state index contributed by atoms with van der Waals surface area (Å²) in [4.78, 5) is 21.0.